The minimum absolute atomic E-state index is 0.0950. The molecule has 0 atom stereocenters. The molecule has 1 saturated carbocycles. The van der Waals surface area contributed by atoms with Gasteiger partial charge in [-0.3, -0.25) is 0 Å². The molecule has 0 spiro atoms. The summed E-state index contributed by atoms with van der Waals surface area (Å²) in [6, 6.07) is 0.616. The van der Waals surface area contributed by atoms with Crippen molar-refractivity contribution in [1.29, 1.82) is 0 Å². The molecule has 0 amide bonds. The average molecular weight is 195 g/mol. The molecular formula is C9H13N3O2. The maximum absolute atomic E-state index is 10.7. The van der Waals surface area contributed by atoms with Gasteiger partial charge in [0.25, 0.3) is 0 Å². The first-order chi connectivity index (χ1) is 6.66. The lowest BCUT2D eigenvalue weighted by Crippen LogP contribution is -2.15. The van der Waals surface area contributed by atoms with Crippen molar-refractivity contribution in [3.05, 3.63) is 17.7 Å². The number of aromatic nitrogens is 2. The zero-order chi connectivity index (χ0) is 10.1. The van der Waals surface area contributed by atoms with E-state index in [0.29, 0.717) is 12.6 Å². The van der Waals surface area contributed by atoms with Crippen LogP contribution in [0.15, 0.2) is 6.20 Å². The van der Waals surface area contributed by atoms with Gasteiger partial charge in [0.15, 0.2) is 0 Å². The van der Waals surface area contributed by atoms with Crippen LogP contribution in [0.25, 0.3) is 0 Å². The van der Waals surface area contributed by atoms with E-state index in [1.807, 2.05) is 0 Å². The van der Waals surface area contributed by atoms with Gasteiger partial charge in [-0.05, 0) is 12.8 Å². The fourth-order valence-electron chi connectivity index (χ4n) is 1.35. The molecule has 14 heavy (non-hydrogen) atoms. The number of rotatable bonds is 4. The molecule has 0 aromatic carbocycles. The van der Waals surface area contributed by atoms with Crippen LogP contribution in [0.5, 0.6) is 0 Å². The summed E-state index contributed by atoms with van der Waals surface area (Å²) < 4.78 is 1.53. The summed E-state index contributed by atoms with van der Waals surface area (Å²) >= 11 is 0. The third kappa shape index (κ3) is 1.93. The van der Waals surface area contributed by atoms with Gasteiger partial charge in [-0.25, -0.2) is 9.78 Å². The Bertz CT molecular complexity index is 355. The number of nitrogens with zero attached hydrogens (tertiary/aromatic N) is 2. The molecule has 1 fully saturated rings. The number of aryl methyl sites for hydroxylation is 1. The molecule has 1 aliphatic carbocycles. The Balaban J connectivity index is 2.02. The van der Waals surface area contributed by atoms with Gasteiger partial charge in [0, 0.05) is 25.8 Å². The predicted octanol–water partition coefficient (Wildman–Crippen LogP) is 0.370. The lowest BCUT2D eigenvalue weighted by molar-refractivity contribution is 0.0679. The summed E-state index contributed by atoms with van der Waals surface area (Å²) in [7, 11) is 1.69. The molecule has 0 bridgehead atoms. The maximum Gasteiger partial charge on any atom is 0.372 e. The first kappa shape index (κ1) is 9.21. The largest absolute Gasteiger partial charge is 0.475 e. The molecule has 2 rings (SSSR count). The summed E-state index contributed by atoms with van der Waals surface area (Å²) in [6.45, 7) is 0.659. The van der Waals surface area contributed by atoms with Gasteiger partial charge in [0.2, 0.25) is 5.82 Å². The second-order valence-corrected chi connectivity index (χ2v) is 3.63. The van der Waals surface area contributed by atoms with Gasteiger partial charge in [0.1, 0.15) is 0 Å². The van der Waals surface area contributed by atoms with E-state index in [9.17, 15) is 4.79 Å². The number of carbonyl (C=O) groups is 1. The van der Waals surface area contributed by atoms with Gasteiger partial charge < -0.3 is 15.0 Å². The number of carboxylic acids is 1. The quantitative estimate of drug-likeness (QED) is 0.728. The van der Waals surface area contributed by atoms with Crippen molar-refractivity contribution in [1.82, 2.24) is 14.9 Å². The SMILES string of the molecule is Cn1cc(CNC2CC2)nc1C(=O)O. The van der Waals surface area contributed by atoms with Crippen LogP contribution >= 0.6 is 0 Å². The lowest BCUT2D eigenvalue weighted by atomic mass is 10.4. The van der Waals surface area contributed by atoms with E-state index in [1.54, 1.807) is 13.2 Å². The van der Waals surface area contributed by atoms with E-state index in [4.69, 9.17) is 5.11 Å². The molecule has 76 valence electrons. The van der Waals surface area contributed by atoms with Gasteiger partial charge >= 0.3 is 5.97 Å². The minimum Gasteiger partial charge on any atom is -0.475 e. The zero-order valence-corrected chi connectivity index (χ0v) is 8.03. The van der Waals surface area contributed by atoms with Crippen molar-refractivity contribution in [2.24, 2.45) is 7.05 Å². The van der Waals surface area contributed by atoms with Crippen molar-refractivity contribution in [3.63, 3.8) is 0 Å². The number of hydrogen-bond donors (Lipinski definition) is 2. The second-order valence-electron chi connectivity index (χ2n) is 3.63. The Labute approximate surface area is 81.8 Å². The number of hydrogen-bond acceptors (Lipinski definition) is 3. The standard InChI is InChI=1S/C9H13N3O2/c1-12-5-7(4-10-6-2-3-6)11-8(12)9(13)14/h5-6,10H,2-4H2,1H3,(H,13,14). The van der Waals surface area contributed by atoms with Gasteiger partial charge in [0.05, 0.1) is 5.69 Å². The maximum atomic E-state index is 10.7. The highest BCUT2D eigenvalue weighted by Crippen LogP contribution is 2.19. The molecule has 5 heteroatoms. The smallest absolute Gasteiger partial charge is 0.372 e. The van der Waals surface area contributed by atoms with E-state index in [-0.39, 0.29) is 5.82 Å². The summed E-state index contributed by atoms with van der Waals surface area (Å²) in [5.74, 6) is -0.886. The number of carboxylic acid groups (broad SMARTS) is 1. The molecule has 1 aliphatic rings. The Morgan fingerprint density at radius 1 is 1.79 bits per heavy atom. The molecule has 2 N–H and O–H groups in total. The van der Waals surface area contributed by atoms with Gasteiger partial charge in [-0.2, -0.15) is 0 Å². The van der Waals surface area contributed by atoms with Crippen LogP contribution < -0.4 is 5.32 Å². The zero-order valence-electron chi connectivity index (χ0n) is 8.03. The highest BCUT2D eigenvalue weighted by molar-refractivity contribution is 5.83. The highest BCUT2D eigenvalue weighted by Gasteiger charge is 2.21. The van der Waals surface area contributed by atoms with Crippen LogP contribution in [0.4, 0.5) is 0 Å². The van der Waals surface area contributed by atoms with E-state index < -0.39 is 5.97 Å². The van der Waals surface area contributed by atoms with Crippen LogP contribution in [0.1, 0.15) is 29.2 Å². The van der Waals surface area contributed by atoms with Crippen molar-refractivity contribution >= 4 is 5.97 Å². The van der Waals surface area contributed by atoms with Gasteiger partial charge in [-0.1, -0.05) is 0 Å². The van der Waals surface area contributed by atoms with Crippen LogP contribution in [0.3, 0.4) is 0 Å². The van der Waals surface area contributed by atoms with E-state index >= 15 is 0 Å². The average Bonchev–Trinajstić information content (AvgIpc) is 2.86. The Morgan fingerprint density at radius 3 is 3.00 bits per heavy atom. The van der Waals surface area contributed by atoms with Crippen molar-refractivity contribution < 1.29 is 9.90 Å². The summed E-state index contributed by atoms with van der Waals surface area (Å²) in [5.41, 5.74) is 0.789. The van der Waals surface area contributed by atoms with Crippen molar-refractivity contribution in [2.75, 3.05) is 0 Å². The third-order valence-electron chi connectivity index (χ3n) is 2.27. The highest BCUT2D eigenvalue weighted by atomic mass is 16.4. The number of aromatic carboxylic acids is 1. The minimum atomic E-state index is -0.981. The van der Waals surface area contributed by atoms with Crippen molar-refractivity contribution in [2.45, 2.75) is 25.4 Å². The Morgan fingerprint density at radius 2 is 2.50 bits per heavy atom. The number of nitrogens with one attached hydrogen (secondary N) is 1. The predicted molar refractivity (Wildman–Crippen MR) is 50.0 cm³/mol. The summed E-state index contributed by atoms with van der Waals surface area (Å²) in [6.07, 6.45) is 4.19. The van der Waals surface area contributed by atoms with E-state index in [1.165, 1.54) is 17.4 Å². The van der Waals surface area contributed by atoms with Crippen LogP contribution in [0, 0.1) is 0 Å². The Kier molecular flexibility index (Phi) is 2.25. The molecule has 0 unspecified atom stereocenters. The summed E-state index contributed by atoms with van der Waals surface area (Å²) in [5, 5.41) is 12.0. The lowest BCUT2D eigenvalue weighted by Gasteiger charge is -1.96. The molecule has 0 radical (unpaired) electrons. The fraction of sp³-hybridized carbons (Fsp3) is 0.556. The van der Waals surface area contributed by atoms with E-state index in [2.05, 4.69) is 10.3 Å². The topological polar surface area (TPSA) is 67.2 Å². The molecule has 1 aromatic rings. The number of imidazole rings is 1. The summed E-state index contributed by atoms with van der Waals surface area (Å²) in [4.78, 5) is 14.7. The van der Waals surface area contributed by atoms with E-state index in [0.717, 1.165) is 5.69 Å². The third-order valence-corrected chi connectivity index (χ3v) is 2.27. The van der Waals surface area contributed by atoms with Crippen LogP contribution in [0.2, 0.25) is 0 Å². The molecule has 1 aromatic heterocycles. The molecule has 1 heterocycles. The normalized spacial score (nSPS) is 15.8. The van der Waals surface area contributed by atoms with Crippen molar-refractivity contribution in [3.8, 4) is 0 Å². The van der Waals surface area contributed by atoms with Gasteiger partial charge in [-0.15, -0.1) is 0 Å². The fourth-order valence-corrected chi connectivity index (χ4v) is 1.35. The van der Waals surface area contributed by atoms with Crippen LogP contribution in [-0.2, 0) is 13.6 Å². The Hall–Kier alpha value is -1.36. The molecule has 0 aliphatic heterocycles. The first-order valence-electron chi connectivity index (χ1n) is 4.65. The first-order valence-corrected chi connectivity index (χ1v) is 4.65. The second kappa shape index (κ2) is 3.42. The van der Waals surface area contributed by atoms with Crippen LogP contribution in [-0.4, -0.2) is 26.7 Å². The monoisotopic (exact) mass is 195 g/mol. The molecule has 0 saturated heterocycles. The molecule has 5 nitrogen and oxygen atoms in total. The molecular weight excluding hydrogens is 182 g/mol.